The Kier molecular flexibility index (Phi) is 4.12. The lowest BCUT2D eigenvalue weighted by molar-refractivity contribution is -0.120. The van der Waals surface area contributed by atoms with Crippen molar-refractivity contribution in [2.45, 2.75) is 13.5 Å². The van der Waals surface area contributed by atoms with Crippen LogP contribution in [0.15, 0.2) is 12.3 Å². The Hall–Kier alpha value is -1.36. The second kappa shape index (κ2) is 5.39. The number of hydrogen-bond acceptors (Lipinski definition) is 3. The van der Waals surface area contributed by atoms with Crippen LogP contribution in [-0.4, -0.2) is 28.8 Å². The molecule has 0 bridgehead atoms. The molecule has 5 heteroatoms. The number of carbonyl (C=O) groups is 1. The van der Waals surface area contributed by atoms with E-state index in [4.69, 9.17) is 0 Å². The normalized spacial score (nSPS) is 10.1. The van der Waals surface area contributed by atoms with Crippen LogP contribution in [0.2, 0.25) is 0 Å². The molecule has 0 spiro atoms. The molecule has 5 nitrogen and oxygen atoms in total. The zero-order valence-corrected chi connectivity index (χ0v) is 8.58. The first-order valence-corrected chi connectivity index (χ1v) is 4.68. The molecule has 0 saturated heterocycles. The van der Waals surface area contributed by atoms with Gasteiger partial charge in [-0.3, -0.25) is 9.48 Å². The Morgan fingerprint density at radius 1 is 1.64 bits per heavy atom. The summed E-state index contributed by atoms with van der Waals surface area (Å²) in [7, 11) is 1.85. The van der Waals surface area contributed by atoms with E-state index in [9.17, 15) is 4.79 Å². The average molecular weight is 196 g/mol. The van der Waals surface area contributed by atoms with Crippen LogP contribution >= 0.6 is 0 Å². The van der Waals surface area contributed by atoms with Gasteiger partial charge in [-0.25, -0.2) is 0 Å². The van der Waals surface area contributed by atoms with Crippen molar-refractivity contribution < 1.29 is 4.79 Å². The van der Waals surface area contributed by atoms with Crippen LogP contribution in [-0.2, 0) is 18.4 Å². The fourth-order valence-corrected chi connectivity index (χ4v) is 1.05. The zero-order chi connectivity index (χ0) is 10.4. The quantitative estimate of drug-likeness (QED) is 0.676. The van der Waals surface area contributed by atoms with E-state index < -0.39 is 0 Å². The zero-order valence-electron chi connectivity index (χ0n) is 8.58. The molecule has 1 rings (SSSR count). The SMILES string of the molecule is CCNCC(=O)NCc1ccn(C)n1. The van der Waals surface area contributed by atoms with Crippen LogP contribution < -0.4 is 10.6 Å². The minimum Gasteiger partial charge on any atom is -0.349 e. The van der Waals surface area contributed by atoms with E-state index in [0.717, 1.165) is 12.2 Å². The number of amides is 1. The Balaban J connectivity index is 2.23. The van der Waals surface area contributed by atoms with E-state index in [1.165, 1.54) is 0 Å². The van der Waals surface area contributed by atoms with E-state index >= 15 is 0 Å². The number of hydrogen-bond donors (Lipinski definition) is 2. The molecule has 0 aliphatic carbocycles. The average Bonchev–Trinajstić information content (AvgIpc) is 2.58. The van der Waals surface area contributed by atoms with Crippen molar-refractivity contribution in [3.05, 3.63) is 18.0 Å². The van der Waals surface area contributed by atoms with E-state index in [2.05, 4.69) is 15.7 Å². The van der Waals surface area contributed by atoms with Gasteiger partial charge in [0, 0.05) is 13.2 Å². The third-order valence-corrected chi connectivity index (χ3v) is 1.77. The van der Waals surface area contributed by atoms with Gasteiger partial charge in [0.05, 0.1) is 18.8 Å². The minimum absolute atomic E-state index is 0.00231. The number of nitrogens with one attached hydrogen (secondary N) is 2. The summed E-state index contributed by atoms with van der Waals surface area (Å²) in [6.45, 7) is 3.62. The van der Waals surface area contributed by atoms with Crippen molar-refractivity contribution in [3.63, 3.8) is 0 Å². The molecular weight excluding hydrogens is 180 g/mol. The van der Waals surface area contributed by atoms with Gasteiger partial charge in [0.2, 0.25) is 5.91 Å². The maximum atomic E-state index is 11.2. The summed E-state index contributed by atoms with van der Waals surface area (Å²) in [6, 6.07) is 1.88. The predicted octanol–water partition coefficient (Wildman–Crippen LogP) is -0.354. The number of likely N-dealkylation sites (N-methyl/N-ethyl adjacent to an activating group) is 1. The largest absolute Gasteiger partial charge is 0.349 e. The molecule has 0 atom stereocenters. The monoisotopic (exact) mass is 196 g/mol. The van der Waals surface area contributed by atoms with Crippen LogP contribution in [0.1, 0.15) is 12.6 Å². The molecular formula is C9H16N4O. The molecule has 0 saturated carbocycles. The number of carbonyl (C=O) groups excluding carboxylic acids is 1. The highest BCUT2D eigenvalue weighted by Gasteiger charge is 2.01. The molecule has 14 heavy (non-hydrogen) atoms. The Morgan fingerprint density at radius 3 is 3.00 bits per heavy atom. The maximum absolute atomic E-state index is 11.2. The van der Waals surface area contributed by atoms with E-state index in [1.807, 2.05) is 26.2 Å². The number of aromatic nitrogens is 2. The fraction of sp³-hybridized carbons (Fsp3) is 0.556. The summed E-state index contributed by atoms with van der Waals surface area (Å²) < 4.78 is 1.71. The third-order valence-electron chi connectivity index (χ3n) is 1.77. The molecule has 1 aromatic heterocycles. The fourth-order valence-electron chi connectivity index (χ4n) is 1.05. The van der Waals surface area contributed by atoms with Crippen molar-refractivity contribution in [2.75, 3.05) is 13.1 Å². The van der Waals surface area contributed by atoms with Crippen LogP contribution in [0.5, 0.6) is 0 Å². The lowest BCUT2D eigenvalue weighted by Gasteiger charge is -2.02. The van der Waals surface area contributed by atoms with Gasteiger partial charge in [0.15, 0.2) is 0 Å². The summed E-state index contributed by atoms with van der Waals surface area (Å²) >= 11 is 0. The summed E-state index contributed by atoms with van der Waals surface area (Å²) in [6.07, 6.45) is 1.85. The van der Waals surface area contributed by atoms with Gasteiger partial charge in [-0.2, -0.15) is 5.10 Å². The van der Waals surface area contributed by atoms with Gasteiger partial charge in [-0.1, -0.05) is 6.92 Å². The van der Waals surface area contributed by atoms with Crippen LogP contribution in [0.25, 0.3) is 0 Å². The first kappa shape index (κ1) is 10.7. The van der Waals surface area contributed by atoms with Crippen molar-refractivity contribution in [2.24, 2.45) is 7.05 Å². The lowest BCUT2D eigenvalue weighted by atomic mass is 10.4. The van der Waals surface area contributed by atoms with Gasteiger partial charge in [-0.15, -0.1) is 0 Å². The highest BCUT2D eigenvalue weighted by atomic mass is 16.1. The topological polar surface area (TPSA) is 59.0 Å². The molecule has 0 aliphatic heterocycles. The molecule has 1 amide bonds. The van der Waals surface area contributed by atoms with Crippen molar-refractivity contribution in [1.82, 2.24) is 20.4 Å². The molecule has 0 unspecified atom stereocenters. The van der Waals surface area contributed by atoms with Gasteiger partial charge in [-0.05, 0) is 12.6 Å². The second-order valence-electron chi connectivity index (χ2n) is 3.04. The van der Waals surface area contributed by atoms with E-state index in [0.29, 0.717) is 13.1 Å². The lowest BCUT2D eigenvalue weighted by Crippen LogP contribution is -2.33. The Labute approximate surface area is 83.5 Å². The van der Waals surface area contributed by atoms with E-state index in [1.54, 1.807) is 4.68 Å². The molecule has 2 N–H and O–H groups in total. The van der Waals surface area contributed by atoms with Crippen molar-refractivity contribution in [3.8, 4) is 0 Å². The van der Waals surface area contributed by atoms with Crippen molar-refractivity contribution in [1.29, 1.82) is 0 Å². The van der Waals surface area contributed by atoms with Crippen LogP contribution in [0.3, 0.4) is 0 Å². The Morgan fingerprint density at radius 2 is 2.43 bits per heavy atom. The molecule has 0 aromatic carbocycles. The third kappa shape index (κ3) is 3.57. The summed E-state index contributed by atoms with van der Waals surface area (Å²) in [5.41, 5.74) is 0.873. The first-order chi connectivity index (χ1) is 6.72. The maximum Gasteiger partial charge on any atom is 0.234 e. The van der Waals surface area contributed by atoms with Gasteiger partial charge < -0.3 is 10.6 Å². The predicted molar refractivity (Wildman–Crippen MR) is 53.6 cm³/mol. The summed E-state index contributed by atoms with van der Waals surface area (Å²) in [5.74, 6) is -0.00231. The molecule has 1 heterocycles. The first-order valence-electron chi connectivity index (χ1n) is 4.68. The number of nitrogens with zero attached hydrogens (tertiary/aromatic N) is 2. The van der Waals surface area contributed by atoms with Gasteiger partial charge in [0.25, 0.3) is 0 Å². The molecule has 0 fully saturated rings. The second-order valence-corrected chi connectivity index (χ2v) is 3.04. The Bertz CT molecular complexity index is 295. The van der Waals surface area contributed by atoms with E-state index in [-0.39, 0.29) is 5.91 Å². The molecule has 78 valence electrons. The smallest absolute Gasteiger partial charge is 0.234 e. The highest BCUT2D eigenvalue weighted by molar-refractivity contribution is 5.77. The highest BCUT2D eigenvalue weighted by Crippen LogP contribution is 1.92. The van der Waals surface area contributed by atoms with Crippen molar-refractivity contribution >= 4 is 5.91 Å². The van der Waals surface area contributed by atoms with Gasteiger partial charge in [0.1, 0.15) is 0 Å². The molecule has 0 radical (unpaired) electrons. The van der Waals surface area contributed by atoms with Crippen LogP contribution in [0.4, 0.5) is 0 Å². The molecule has 1 aromatic rings. The number of rotatable bonds is 5. The summed E-state index contributed by atoms with van der Waals surface area (Å²) in [4.78, 5) is 11.2. The van der Waals surface area contributed by atoms with Gasteiger partial charge >= 0.3 is 0 Å². The van der Waals surface area contributed by atoms with Crippen LogP contribution in [0, 0.1) is 0 Å². The summed E-state index contributed by atoms with van der Waals surface area (Å²) in [5, 5.41) is 9.87. The number of aryl methyl sites for hydroxylation is 1. The standard InChI is InChI=1S/C9H16N4O/c1-3-10-7-9(14)11-6-8-4-5-13(2)12-8/h4-5,10H,3,6-7H2,1-2H3,(H,11,14). The minimum atomic E-state index is -0.00231. The molecule has 0 aliphatic rings.